The highest BCUT2D eigenvalue weighted by Crippen LogP contribution is 2.37. The Morgan fingerprint density at radius 3 is 1.98 bits per heavy atom. The van der Waals surface area contributed by atoms with Crippen LogP contribution >= 0.6 is 0 Å². The second-order valence-electron chi connectivity index (χ2n) is 16.8. The van der Waals surface area contributed by atoms with Crippen LogP contribution < -0.4 is 0 Å². The summed E-state index contributed by atoms with van der Waals surface area (Å²) in [4.78, 5) is 25.6. The third kappa shape index (κ3) is 10.8. The van der Waals surface area contributed by atoms with E-state index in [1.54, 1.807) is 69.4 Å². The number of methoxy groups -OCH3 is 2. The molecule has 51 heavy (non-hydrogen) atoms. The number of carbonyl (C=O) groups is 2. The molecule has 2 fully saturated rings. The highest BCUT2D eigenvalue weighted by molar-refractivity contribution is 5.76. The molecule has 294 valence electrons. The summed E-state index contributed by atoms with van der Waals surface area (Å²) in [6.45, 7) is 17.4. The third-order valence-corrected chi connectivity index (χ3v) is 9.80. The van der Waals surface area contributed by atoms with E-state index in [0.717, 1.165) is 0 Å². The Morgan fingerprint density at radius 2 is 1.47 bits per heavy atom. The van der Waals surface area contributed by atoms with Gasteiger partial charge in [-0.25, -0.2) is 4.79 Å². The molecule has 3 aliphatic rings. The number of esters is 1. The Labute approximate surface area is 302 Å². The summed E-state index contributed by atoms with van der Waals surface area (Å²) in [6, 6.07) is 0. The lowest BCUT2D eigenvalue weighted by atomic mass is 9.84. The minimum atomic E-state index is -1.56. The van der Waals surface area contributed by atoms with E-state index in [4.69, 9.17) is 37.9 Å². The average molecular weight is 731 g/mol. The Morgan fingerprint density at radius 1 is 0.882 bits per heavy atom. The first-order chi connectivity index (χ1) is 23.4. The maximum Gasteiger partial charge on any atom is 0.338 e. The Bertz CT molecular complexity index is 1240. The van der Waals surface area contributed by atoms with Gasteiger partial charge in [-0.15, -0.1) is 0 Å². The van der Waals surface area contributed by atoms with Gasteiger partial charge in [0.25, 0.3) is 0 Å². The van der Waals surface area contributed by atoms with E-state index in [2.05, 4.69) is 0 Å². The van der Waals surface area contributed by atoms with Crippen molar-refractivity contribution in [2.75, 3.05) is 27.4 Å². The second-order valence-corrected chi connectivity index (χ2v) is 16.8. The molecule has 0 spiro atoms. The van der Waals surface area contributed by atoms with E-state index >= 15 is 0 Å². The van der Waals surface area contributed by atoms with Crippen molar-refractivity contribution >= 4 is 12.3 Å². The molecule has 0 amide bonds. The van der Waals surface area contributed by atoms with Gasteiger partial charge in [0.1, 0.15) is 67.3 Å². The monoisotopic (exact) mass is 730 g/mol. The number of hydrogen-bond acceptors (Lipinski definition) is 14. The van der Waals surface area contributed by atoms with Crippen LogP contribution in [0.4, 0.5) is 0 Å². The van der Waals surface area contributed by atoms with Crippen LogP contribution in [0.1, 0.15) is 82.1 Å². The maximum absolute atomic E-state index is 13.7. The molecule has 0 radical (unpaired) electrons. The lowest BCUT2D eigenvalue weighted by Gasteiger charge is -2.48. The van der Waals surface area contributed by atoms with Gasteiger partial charge in [0.05, 0.1) is 36.1 Å². The van der Waals surface area contributed by atoms with Crippen molar-refractivity contribution in [3.8, 4) is 0 Å². The van der Waals surface area contributed by atoms with E-state index in [0.29, 0.717) is 18.5 Å². The van der Waals surface area contributed by atoms with Crippen molar-refractivity contribution in [1.82, 2.24) is 0 Å². The highest BCUT2D eigenvalue weighted by atomic mass is 16.6. The fourth-order valence-electron chi connectivity index (χ4n) is 6.40. The molecular weight excluding hydrogens is 668 g/mol. The van der Waals surface area contributed by atoms with Gasteiger partial charge in [-0.1, -0.05) is 13.0 Å². The predicted octanol–water partition coefficient (Wildman–Crippen LogP) is 2.16. The zero-order valence-corrected chi connectivity index (χ0v) is 32.3. The lowest BCUT2D eigenvalue weighted by Crippen LogP contribution is -2.66. The molecule has 0 saturated carbocycles. The smallest absolute Gasteiger partial charge is 0.338 e. The van der Waals surface area contributed by atoms with Gasteiger partial charge in [-0.05, 0) is 87.3 Å². The van der Waals surface area contributed by atoms with Gasteiger partial charge in [0.2, 0.25) is 0 Å². The van der Waals surface area contributed by atoms with E-state index in [1.807, 2.05) is 25.2 Å². The molecular formula is C37H62O14. The molecule has 9 unspecified atom stereocenters. The summed E-state index contributed by atoms with van der Waals surface area (Å²) < 4.78 is 47.0. The standard InChI is InChI=1S/C37H62O14/c1-33(2,3)50-27-22(19-38)48-31(25(41)23(27)39)36(8,9)47-18-17-34(4,5)51-28-24(40)26(42)30(35(6,7)45-12)49-29(28)32(43)46-20-37(10)15-13-21(44-11)14-16-37/h13-15,19,22-31,39-42H,16-18,20H2,1-12H3/t22?,23?,24?,25?,26?,27-,28+,29?,30?,31?,37?/m1/s1. The Balaban J connectivity index is 1.73. The van der Waals surface area contributed by atoms with Gasteiger partial charge in [0.15, 0.2) is 12.4 Å². The van der Waals surface area contributed by atoms with Crippen LogP contribution in [-0.4, -0.2) is 144 Å². The van der Waals surface area contributed by atoms with Gasteiger partial charge < -0.3 is 63.1 Å². The Kier molecular flexibility index (Phi) is 14.1. The van der Waals surface area contributed by atoms with Crippen LogP contribution in [0.3, 0.4) is 0 Å². The maximum atomic E-state index is 13.7. The topological polar surface area (TPSA) is 189 Å². The zero-order valence-electron chi connectivity index (χ0n) is 32.3. The van der Waals surface area contributed by atoms with Crippen molar-refractivity contribution in [2.45, 2.75) is 166 Å². The van der Waals surface area contributed by atoms with Gasteiger partial charge >= 0.3 is 5.97 Å². The third-order valence-electron chi connectivity index (χ3n) is 9.80. The Hall–Kier alpha value is -1.98. The molecule has 0 aromatic carbocycles. The molecule has 2 saturated heterocycles. The first-order valence-electron chi connectivity index (χ1n) is 17.5. The SMILES string of the molecule is COC1=CCC(C)(COC(=O)C2OC(C(C)(C)OC)C(O)C(O)[C@@H]2OC(C)(C)CCOC(C)(C)C2OC(C=O)[C@@H](OC(C)(C)C)C(O)C2O)C=C1. The van der Waals surface area contributed by atoms with Crippen molar-refractivity contribution in [3.05, 3.63) is 24.0 Å². The number of aliphatic hydroxyl groups is 4. The molecule has 2 aliphatic heterocycles. The lowest BCUT2D eigenvalue weighted by molar-refractivity contribution is -0.289. The van der Waals surface area contributed by atoms with E-state index in [-0.39, 0.29) is 19.6 Å². The minimum absolute atomic E-state index is 0.0174. The molecule has 0 aromatic rings. The van der Waals surface area contributed by atoms with E-state index in [9.17, 15) is 30.0 Å². The number of rotatable bonds is 15. The van der Waals surface area contributed by atoms with Crippen LogP contribution in [0.25, 0.3) is 0 Å². The molecule has 11 atom stereocenters. The molecule has 2 heterocycles. The number of allylic oxidation sites excluding steroid dienone is 2. The van der Waals surface area contributed by atoms with E-state index < -0.39 is 94.8 Å². The van der Waals surface area contributed by atoms with Crippen LogP contribution in [0.2, 0.25) is 0 Å². The number of aliphatic hydroxyl groups excluding tert-OH is 4. The first-order valence-corrected chi connectivity index (χ1v) is 17.5. The number of hydrogen-bond donors (Lipinski definition) is 4. The highest BCUT2D eigenvalue weighted by Gasteiger charge is 2.55. The minimum Gasteiger partial charge on any atom is -0.497 e. The zero-order chi connectivity index (χ0) is 38.7. The van der Waals surface area contributed by atoms with Crippen LogP contribution in [0.5, 0.6) is 0 Å². The molecule has 14 heteroatoms. The van der Waals surface area contributed by atoms with Crippen molar-refractivity contribution in [2.24, 2.45) is 5.41 Å². The summed E-state index contributed by atoms with van der Waals surface area (Å²) in [5.41, 5.74) is -4.55. The number of ether oxygens (including phenoxy) is 8. The van der Waals surface area contributed by atoms with Gasteiger partial charge in [-0.3, -0.25) is 0 Å². The van der Waals surface area contributed by atoms with Crippen molar-refractivity contribution in [1.29, 1.82) is 0 Å². The van der Waals surface area contributed by atoms with Crippen LogP contribution in [0, 0.1) is 5.41 Å². The summed E-state index contributed by atoms with van der Waals surface area (Å²) in [6.07, 6.45) is -6.09. The molecule has 3 rings (SSSR count). The second kappa shape index (κ2) is 16.6. The van der Waals surface area contributed by atoms with E-state index in [1.165, 1.54) is 7.11 Å². The summed E-state index contributed by atoms with van der Waals surface area (Å²) in [7, 11) is 3.02. The number of carbonyl (C=O) groups excluding carboxylic acids is 2. The fraction of sp³-hybridized carbons (Fsp3) is 0.838. The fourth-order valence-corrected chi connectivity index (χ4v) is 6.40. The number of aldehydes is 1. The quantitative estimate of drug-likeness (QED) is 0.142. The van der Waals surface area contributed by atoms with Crippen LogP contribution in [-0.2, 0) is 47.5 Å². The summed E-state index contributed by atoms with van der Waals surface area (Å²) >= 11 is 0. The van der Waals surface area contributed by atoms with Crippen LogP contribution in [0.15, 0.2) is 24.0 Å². The van der Waals surface area contributed by atoms with Crippen molar-refractivity contribution in [3.63, 3.8) is 0 Å². The molecule has 0 aromatic heterocycles. The largest absolute Gasteiger partial charge is 0.497 e. The normalized spacial score (nSPS) is 35.3. The molecule has 4 N–H and O–H groups in total. The van der Waals surface area contributed by atoms with Gasteiger partial charge in [-0.2, -0.15) is 0 Å². The molecule has 14 nitrogen and oxygen atoms in total. The summed E-state index contributed by atoms with van der Waals surface area (Å²) in [5, 5.41) is 44.5. The molecule has 1 aliphatic carbocycles. The van der Waals surface area contributed by atoms with Gasteiger partial charge in [0, 0.05) is 12.5 Å². The van der Waals surface area contributed by atoms with Crippen molar-refractivity contribution < 1.29 is 67.9 Å². The average Bonchev–Trinajstić information content (AvgIpc) is 3.04. The molecule has 0 bridgehead atoms. The predicted molar refractivity (Wildman–Crippen MR) is 185 cm³/mol. The summed E-state index contributed by atoms with van der Waals surface area (Å²) in [5.74, 6) is -0.0589. The first kappa shape index (κ1) is 43.4.